The van der Waals surface area contributed by atoms with Crippen LogP contribution in [0.25, 0.3) is 0 Å². The fraction of sp³-hybridized carbons (Fsp3) is 0.556. The molecular weight excluding hydrogens is 429 g/mol. The van der Waals surface area contributed by atoms with Gasteiger partial charge in [-0.25, -0.2) is 0 Å². The lowest BCUT2D eigenvalue weighted by atomic mass is 10.3. The highest BCUT2D eigenvalue weighted by molar-refractivity contribution is 14.0. The second-order valence-corrected chi connectivity index (χ2v) is 5.88. The molecule has 1 aliphatic rings. The van der Waals surface area contributed by atoms with Crippen molar-refractivity contribution in [2.24, 2.45) is 4.99 Å². The molecule has 1 aromatic rings. The Bertz CT molecular complexity index is 530. The average molecular weight is 459 g/mol. The summed E-state index contributed by atoms with van der Waals surface area (Å²) < 4.78 is 0. The summed E-state index contributed by atoms with van der Waals surface area (Å²) in [6.45, 7) is 9.49. The molecule has 1 aliphatic heterocycles. The number of nitrogens with one attached hydrogen (secondary N) is 2. The minimum absolute atomic E-state index is 0. The predicted octanol–water partition coefficient (Wildman–Crippen LogP) is 2.24. The Hall–Kier alpha value is -1.51. The molecule has 0 spiro atoms. The van der Waals surface area contributed by atoms with Crippen LogP contribution in [0.5, 0.6) is 0 Å². The lowest BCUT2D eigenvalue weighted by Crippen LogP contribution is -2.53. The monoisotopic (exact) mass is 459 g/mol. The Morgan fingerprint density at radius 3 is 2.36 bits per heavy atom. The van der Waals surface area contributed by atoms with Crippen molar-refractivity contribution in [1.82, 2.24) is 15.1 Å². The number of carbonyl (C=O) groups excluding carboxylic acids is 1. The van der Waals surface area contributed by atoms with E-state index in [-0.39, 0.29) is 29.9 Å². The van der Waals surface area contributed by atoms with Crippen LogP contribution >= 0.6 is 24.0 Å². The number of amides is 1. The van der Waals surface area contributed by atoms with E-state index in [2.05, 4.69) is 34.6 Å². The molecule has 140 valence electrons. The van der Waals surface area contributed by atoms with E-state index in [1.165, 1.54) is 0 Å². The van der Waals surface area contributed by atoms with Gasteiger partial charge < -0.3 is 20.4 Å². The van der Waals surface area contributed by atoms with Crippen LogP contribution in [-0.2, 0) is 4.79 Å². The van der Waals surface area contributed by atoms with E-state index >= 15 is 0 Å². The Kier molecular flexibility index (Phi) is 10.3. The average Bonchev–Trinajstić information content (AvgIpc) is 2.61. The molecule has 0 aliphatic carbocycles. The van der Waals surface area contributed by atoms with Gasteiger partial charge in [-0.3, -0.25) is 9.79 Å². The Morgan fingerprint density at radius 2 is 1.76 bits per heavy atom. The van der Waals surface area contributed by atoms with Gasteiger partial charge in [-0.1, -0.05) is 18.2 Å². The van der Waals surface area contributed by atoms with E-state index in [1.807, 2.05) is 23.1 Å². The summed E-state index contributed by atoms with van der Waals surface area (Å²) >= 11 is 0. The number of para-hydroxylation sites is 1. The molecular formula is C18H30IN5O. The van der Waals surface area contributed by atoms with Gasteiger partial charge in [-0.2, -0.15) is 0 Å². The van der Waals surface area contributed by atoms with Crippen molar-refractivity contribution >= 4 is 41.5 Å². The molecule has 0 unspecified atom stereocenters. The number of aliphatic imine (C=N–C) groups is 1. The third kappa shape index (κ3) is 7.50. The summed E-state index contributed by atoms with van der Waals surface area (Å²) in [7, 11) is 0. The SMILES string of the molecule is CCNC(=NCCCNc1ccccc1)N1CCN(C(C)=O)CC1.I. The van der Waals surface area contributed by atoms with Crippen molar-refractivity contribution in [3.63, 3.8) is 0 Å². The van der Waals surface area contributed by atoms with Crippen LogP contribution in [0.4, 0.5) is 5.69 Å². The topological polar surface area (TPSA) is 60.0 Å². The first-order valence-electron chi connectivity index (χ1n) is 8.78. The summed E-state index contributed by atoms with van der Waals surface area (Å²) in [4.78, 5) is 20.3. The number of carbonyl (C=O) groups is 1. The van der Waals surface area contributed by atoms with Gasteiger partial charge in [0.25, 0.3) is 0 Å². The van der Waals surface area contributed by atoms with Crippen LogP contribution in [0.1, 0.15) is 20.3 Å². The number of nitrogens with zero attached hydrogens (tertiary/aromatic N) is 3. The van der Waals surface area contributed by atoms with Crippen LogP contribution in [-0.4, -0.2) is 67.5 Å². The van der Waals surface area contributed by atoms with E-state index in [9.17, 15) is 4.79 Å². The third-order valence-electron chi connectivity index (χ3n) is 4.06. The molecule has 2 N–H and O–H groups in total. The van der Waals surface area contributed by atoms with Crippen molar-refractivity contribution in [2.45, 2.75) is 20.3 Å². The summed E-state index contributed by atoms with van der Waals surface area (Å²) in [6, 6.07) is 10.2. The number of piperazine rings is 1. The fourth-order valence-electron chi connectivity index (χ4n) is 2.71. The minimum atomic E-state index is 0. The number of anilines is 1. The molecule has 7 heteroatoms. The molecule has 0 saturated carbocycles. The molecule has 0 bridgehead atoms. The van der Waals surface area contributed by atoms with Gasteiger partial charge in [-0.05, 0) is 25.5 Å². The molecule has 0 aromatic heterocycles. The standard InChI is InChI=1S/C18H29N5O.HI/c1-3-19-18(23-14-12-22(13-15-23)16(2)24)21-11-7-10-20-17-8-5-4-6-9-17;/h4-6,8-9,20H,3,7,10-15H2,1-2H3,(H,19,21);1H. The highest BCUT2D eigenvalue weighted by Crippen LogP contribution is 2.05. The number of benzene rings is 1. The minimum Gasteiger partial charge on any atom is -0.385 e. The zero-order valence-corrected chi connectivity index (χ0v) is 17.5. The van der Waals surface area contributed by atoms with E-state index in [1.54, 1.807) is 6.92 Å². The van der Waals surface area contributed by atoms with Gasteiger partial charge in [-0.15, -0.1) is 24.0 Å². The van der Waals surface area contributed by atoms with E-state index in [0.29, 0.717) is 0 Å². The molecule has 1 aromatic carbocycles. The van der Waals surface area contributed by atoms with Gasteiger partial charge in [0, 0.05) is 58.4 Å². The van der Waals surface area contributed by atoms with E-state index in [4.69, 9.17) is 4.99 Å². The number of rotatable bonds is 6. The molecule has 0 radical (unpaired) electrons. The molecule has 25 heavy (non-hydrogen) atoms. The second-order valence-electron chi connectivity index (χ2n) is 5.88. The van der Waals surface area contributed by atoms with E-state index in [0.717, 1.165) is 63.9 Å². The first kappa shape index (κ1) is 21.5. The van der Waals surface area contributed by atoms with Crippen LogP contribution in [0.2, 0.25) is 0 Å². The lowest BCUT2D eigenvalue weighted by molar-refractivity contribution is -0.130. The van der Waals surface area contributed by atoms with Crippen LogP contribution in [0, 0.1) is 0 Å². The largest absolute Gasteiger partial charge is 0.385 e. The molecule has 1 fully saturated rings. The summed E-state index contributed by atoms with van der Waals surface area (Å²) in [5.41, 5.74) is 1.15. The first-order valence-corrected chi connectivity index (χ1v) is 8.78. The highest BCUT2D eigenvalue weighted by Gasteiger charge is 2.20. The smallest absolute Gasteiger partial charge is 0.219 e. The quantitative estimate of drug-likeness (QED) is 0.297. The van der Waals surface area contributed by atoms with Gasteiger partial charge >= 0.3 is 0 Å². The summed E-state index contributed by atoms with van der Waals surface area (Å²) in [6.07, 6.45) is 0.983. The number of hydrogen-bond acceptors (Lipinski definition) is 3. The molecule has 2 rings (SSSR count). The second kappa shape index (κ2) is 11.9. The summed E-state index contributed by atoms with van der Waals surface area (Å²) in [5.74, 6) is 1.11. The number of guanidine groups is 1. The zero-order valence-electron chi connectivity index (χ0n) is 15.2. The molecule has 1 saturated heterocycles. The van der Waals surface area contributed by atoms with Crippen molar-refractivity contribution in [1.29, 1.82) is 0 Å². The van der Waals surface area contributed by atoms with Crippen LogP contribution in [0.3, 0.4) is 0 Å². The molecule has 0 atom stereocenters. The molecule has 1 heterocycles. The Labute approximate surface area is 168 Å². The van der Waals surface area contributed by atoms with Crippen LogP contribution in [0.15, 0.2) is 35.3 Å². The van der Waals surface area contributed by atoms with Gasteiger partial charge in [0.2, 0.25) is 5.91 Å². The van der Waals surface area contributed by atoms with Crippen molar-refractivity contribution < 1.29 is 4.79 Å². The Balaban J connectivity index is 0.00000312. The Morgan fingerprint density at radius 1 is 1.12 bits per heavy atom. The van der Waals surface area contributed by atoms with Gasteiger partial charge in [0.05, 0.1) is 0 Å². The molecule has 1 amide bonds. The zero-order chi connectivity index (χ0) is 17.2. The first-order chi connectivity index (χ1) is 11.7. The fourth-order valence-corrected chi connectivity index (χ4v) is 2.71. The van der Waals surface area contributed by atoms with Crippen molar-refractivity contribution in [3.8, 4) is 0 Å². The van der Waals surface area contributed by atoms with E-state index < -0.39 is 0 Å². The van der Waals surface area contributed by atoms with Gasteiger partial charge in [0.15, 0.2) is 5.96 Å². The maximum atomic E-state index is 11.4. The van der Waals surface area contributed by atoms with Crippen LogP contribution < -0.4 is 10.6 Å². The van der Waals surface area contributed by atoms with Crippen molar-refractivity contribution in [3.05, 3.63) is 30.3 Å². The third-order valence-corrected chi connectivity index (χ3v) is 4.06. The lowest BCUT2D eigenvalue weighted by Gasteiger charge is -2.36. The maximum Gasteiger partial charge on any atom is 0.219 e. The maximum absolute atomic E-state index is 11.4. The van der Waals surface area contributed by atoms with Crippen molar-refractivity contribution in [2.75, 3.05) is 51.1 Å². The predicted molar refractivity (Wildman–Crippen MR) is 115 cm³/mol. The normalized spacial score (nSPS) is 14.7. The van der Waals surface area contributed by atoms with Gasteiger partial charge in [0.1, 0.15) is 0 Å². The summed E-state index contributed by atoms with van der Waals surface area (Å²) in [5, 5.41) is 6.76. The number of halogens is 1. The number of hydrogen-bond donors (Lipinski definition) is 2. The highest BCUT2D eigenvalue weighted by atomic mass is 127. The molecule has 6 nitrogen and oxygen atoms in total.